The summed E-state index contributed by atoms with van der Waals surface area (Å²) in [5, 5.41) is 9.84. The highest BCUT2D eigenvalue weighted by Gasteiger charge is 2.18. The van der Waals surface area contributed by atoms with Crippen LogP contribution in [0.2, 0.25) is 0 Å². The van der Waals surface area contributed by atoms with Crippen LogP contribution in [-0.2, 0) is 0 Å². The lowest BCUT2D eigenvalue weighted by molar-refractivity contribution is 0.00844. The largest absolute Gasteiger partial charge is 0.491 e. The number of ether oxygens (including phenoxy) is 1. The zero-order valence-corrected chi connectivity index (χ0v) is 10.7. The molecule has 2 heteroatoms. The highest BCUT2D eigenvalue weighted by atomic mass is 16.5. The van der Waals surface area contributed by atoms with Crippen LogP contribution in [0.25, 0.3) is 0 Å². The van der Waals surface area contributed by atoms with E-state index in [-0.39, 0.29) is 0 Å². The van der Waals surface area contributed by atoms with Gasteiger partial charge in [-0.1, -0.05) is 32.9 Å². The Morgan fingerprint density at radius 2 is 2.06 bits per heavy atom. The van der Waals surface area contributed by atoms with Gasteiger partial charge in [0.2, 0.25) is 0 Å². The molecule has 1 N–H and O–H groups in total. The predicted molar refractivity (Wildman–Crippen MR) is 66.9 cm³/mol. The summed E-state index contributed by atoms with van der Waals surface area (Å²) >= 11 is 0. The molecule has 1 atom stereocenters. The zero-order valence-electron chi connectivity index (χ0n) is 10.7. The molecule has 0 amide bonds. The van der Waals surface area contributed by atoms with Gasteiger partial charge in [-0.25, -0.2) is 0 Å². The molecule has 0 saturated carbocycles. The number of hydrogen-bond acceptors (Lipinski definition) is 2. The van der Waals surface area contributed by atoms with Crippen LogP contribution >= 0.6 is 0 Å². The number of rotatable bonds is 5. The average Bonchev–Trinajstić information content (AvgIpc) is 2.27. The second kappa shape index (κ2) is 5.35. The van der Waals surface area contributed by atoms with Gasteiger partial charge in [0.15, 0.2) is 0 Å². The summed E-state index contributed by atoms with van der Waals surface area (Å²) in [6.45, 7) is 8.39. The van der Waals surface area contributed by atoms with E-state index in [4.69, 9.17) is 4.74 Å². The van der Waals surface area contributed by atoms with E-state index < -0.39 is 5.60 Å². The summed E-state index contributed by atoms with van der Waals surface area (Å²) in [4.78, 5) is 0. The average molecular weight is 222 g/mol. The van der Waals surface area contributed by atoms with E-state index in [2.05, 4.69) is 19.9 Å². The summed E-state index contributed by atoms with van der Waals surface area (Å²) in [6, 6.07) is 8.05. The minimum atomic E-state index is -0.742. The van der Waals surface area contributed by atoms with Gasteiger partial charge in [-0.05, 0) is 37.0 Å². The van der Waals surface area contributed by atoms with Crippen molar-refractivity contribution in [2.45, 2.75) is 45.6 Å². The molecule has 16 heavy (non-hydrogen) atoms. The zero-order chi connectivity index (χ0) is 12.2. The molecule has 0 aliphatic heterocycles. The van der Waals surface area contributed by atoms with Gasteiger partial charge in [-0.2, -0.15) is 0 Å². The van der Waals surface area contributed by atoms with Gasteiger partial charge in [-0.15, -0.1) is 0 Å². The van der Waals surface area contributed by atoms with Gasteiger partial charge in [0.05, 0.1) is 5.60 Å². The summed E-state index contributed by atoms with van der Waals surface area (Å²) < 4.78 is 5.60. The Hall–Kier alpha value is -1.02. The molecule has 1 aromatic rings. The molecule has 1 rings (SSSR count). The first-order valence-corrected chi connectivity index (χ1v) is 5.90. The van der Waals surface area contributed by atoms with Gasteiger partial charge in [-0.3, -0.25) is 0 Å². The normalized spacial score (nSPS) is 14.9. The van der Waals surface area contributed by atoms with Crippen LogP contribution in [0.3, 0.4) is 0 Å². The Balaban J connectivity index is 2.64. The fraction of sp³-hybridized carbons (Fsp3) is 0.571. The van der Waals surface area contributed by atoms with Crippen molar-refractivity contribution in [1.82, 2.24) is 0 Å². The van der Waals surface area contributed by atoms with Crippen molar-refractivity contribution in [3.05, 3.63) is 29.8 Å². The predicted octanol–water partition coefficient (Wildman–Crippen LogP) is 3.35. The van der Waals surface area contributed by atoms with E-state index in [1.165, 1.54) is 5.56 Å². The first-order chi connectivity index (χ1) is 7.44. The summed E-state index contributed by atoms with van der Waals surface area (Å²) in [6.07, 6.45) is 0.691. The maximum absolute atomic E-state index is 9.84. The molecule has 0 bridgehead atoms. The maximum atomic E-state index is 9.84. The Bertz CT molecular complexity index is 329. The molecule has 0 spiro atoms. The van der Waals surface area contributed by atoms with Gasteiger partial charge < -0.3 is 9.84 Å². The van der Waals surface area contributed by atoms with Crippen LogP contribution in [0.1, 0.15) is 45.6 Å². The molecule has 0 heterocycles. The molecule has 0 saturated heterocycles. The topological polar surface area (TPSA) is 29.5 Å². The summed E-state index contributed by atoms with van der Waals surface area (Å²) in [5.41, 5.74) is 0.516. The van der Waals surface area contributed by atoms with Crippen molar-refractivity contribution in [2.75, 3.05) is 6.61 Å². The highest BCUT2D eigenvalue weighted by Crippen LogP contribution is 2.21. The Labute approximate surface area is 98.3 Å². The van der Waals surface area contributed by atoms with Crippen molar-refractivity contribution in [2.24, 2.45) is 0 Å². The molecule has 90 valence electrons. The molecule has 0 fully saturated rings. The van der Waals surface area contributed by atoms with E-state index in [1.54, 1.807) is 6.92 Å². The smallest absolute Gasteiger partial charge is 0.119 e. The molecule has 0 aliphatic carbocycles. The van der Waals surface area contributed by atoms with E-state index in [9.17, 15) is 5.11 Å². The second-order valence-electron chi connectivity index (χ2n) is 4.87. The van der Waals surface area contributed by atoms with Crippen LogP contribution in [-0.4, -0.2) is 17.3 Å². The Morgan fingerprint density at radius 1 is 1.38 bits per heavy atom. The highest BCUT2D eigenvalue weighted by molar-refractivity contribution is 5.30. The van der Waals surface area contributed by atoms with Crippen molar-refractivity contribution >= 4 is 0 Å². The standard InChI is InChI=1S/C14H22O2/c1-5-14(4,15)10-16-13-8-6-7-12(9-13)11(2)3/h6-9,11,15H,5,10H2,1-4H3. The van der Waals surface area contributed by atoms with E-state index in [0.29, 0.717) is 18.9 Å². The SMILES string of the molecule is CCC(C)(O)COc1cccc(C(C)C)c1. The van der Waals surface area contributed by atoms with Crippen molar-refractivity contribution in [3.63, 3.8) is 0 Å². The fourth-order valence-corrected chi connectivity index (χ4v) is 1.30. The van der Waals surface area contributed by atoms with Gasteiger partial charge in [0, 0.05) is 0 Å². The third kappa shape index (κ3) is 3.86. The molecule has 1 unspecified atom stereocenters. The molecule has 0 aromatic heterocycles. The minimum absolute atomic E-state index is 0.338. The van der Waals surface area contributed by atoms with Crippen molar-refractivity contribution in [3.8, 4) is 5.75 Å². The molecule has 1 aromatic carbocycles. The van der Waals surface area contributed by atoms with Gasteiger partial charge >= 0.3 is 0 Å². The Kier molecular flexibility index (Phi) is 4.36. The van der Waals surface area contributed by atoms with Crippen LogP contribution in [0.4, 0.5) is 0 Å². The Morgan fingerprint density at radius 3 is 2.62 bits per heavy atom. The lowest BCUT2D eigenvalue weighted by atomic mass is 10.0. The second-order valence-corrected chi connectivity index (χ2v) is 4.87. The number of benzene rings is 1. The first kappa shape index (κ1) is 13.0. The minimum Gasteiger partial charge on any atom is -0.491 e. The third-order valence-corrected chi connectivity index (χ3v) is 2.84. The lowest BCUT2D eigenvalue weighted by Crippen LogP contribution is -2.31. The van der Waals surface area contributed by atoms with Crippen LogP contribution < -0.4 is 4.74 Å². The summed E-state index contributed by atoms with van der Waals surface area (Å²) in [5.74, 6) is 1.33. The van der Waals surface area contributed by atoms with E-state index in [0.717, 1.165) is 5.75 Å². The fourth-order valence-electron chi connectivity index (χ4n) is 1.30. The molecular weight excluding hydrogens is 200 g/mol. The van der Waals surface area contributed by atoms with Crippen LogP contribution in [0.5, 0.6) is 5.75 Å². The van der Waals surface area contributed by atoms with Gasteiger partial charge in [0.25, 0.3) is 0 Å². The maximum Gasteiger partial charge on any atom is 0.119 e. The first-order valence-electron chi connectivity index (χ1n) is 5.90. The monoisotopic (exact) mass is 222 g/mol. The molecular formula is C14H22O2. The summed E-state index contributed by atoms with van der Waals surface area (Å²) in [7, 11) is 0. The lowest BCUT2D eigenvalue weighted by Gasteiger charge is -2.21. The molecule has 0 radical (unpaired) electrons. The quantitative estimate of drug-likeness (QED) is 0.828. The van der Waals surface area contributed by atoms with E-state index in [1.807, 2.05) is 25.1 Å². The number of hydrogen-bond donors (Lipinski definition) is 1. The van der Waals surface area contributed by atoms with E-state index >= 15 is 0 Å². The third-order valence-electron chi connectivity index (χ3n) is 2.84. The molecule has 2 nitrogen and oxygen atoms in total. The van der Waals surface area contributed by atoms with Crippen LogP contribution in [0.15, 0.2) is 24.3 Å². The van der Waals surface area contributed by atoms with Crippen molar-refractivity contribution < 1.29 is 9.84 Å². The molecule has 0 aliphatic rings. The van der Waals surface area contributed by atoms with Crippen LogP contribution in [0, 0.1) is 0 Å². The van der Waals surface area contributed by atoms with Crippen molar-refractivity contribution in [1.29, 1.82) is 0 Å². The number of aliphatic hydroxyl groups is 1. The van der Waals surface area contributed by atoms with Gasteiger partial charge in [0.1, 0.15) is 12.4 Å².